The minimum absolute atomic E-state index is 0.0893. The molecule has 0 spiro atoms. The van der Waals surface area contributed by atoms with Crippen LogP contribution >= 0.6 is 15.9 Å². The van der Waals surface area contributed by atoms with Crippen LogP contribution in [0.25, 0.3) is 38.7 Å². The Morgan fingerprint density at radius 3 is 2.21 bits per heavy atom. The van der Waals surface area contributed by atoms with Crippen LogP contribution in [0.2, 0.25) is 0 Å². The average Bonchev–Trinajstić information content (AvgIpc) is 3.13. The van der Waals surface area contributed by atoms with Crippen molar-refractivity contribution < 1.29 is 0 Å². The molecule has 0 amide bonds. The van der Waals surface area contributed by atoms with E-state index in [1.807, 2.05) is 12.1 Å². The number of aromatic nitrogens is 3. The Morgan fingerprint density at radius 1 is 0.786 bits per heavy atom. The molecule has 3 nitrogen and oxygen atoms in total. The summed E-state index contributed by atoms with van der Waals surface area (Å²) in [7, 11) is 0. The van der Waals surface area contributed by atoms with Crippen molar-refractivity contribution in [2.75, 3.05) is 0 Å². The number of nitrogens with zero attached hydrogens (tertiary/aromatic N) is 3. The van der Waals surface area contributed by atoms with Gasteiger partial charge < -0.3 is 0 Å². The molecule has 5 rings (SSSR count). The fourth-order valence-corrected chi connectivity index (χ4v) is 4.06. The highest BCUT2D eigenvalue weighted by Gasteiger charge is 2.19. The molecular weight excluding hydrogens is 410 g/mol. The normalized spacial score (nSPS) is 12.3. The van der Waals surface area contributed by atoms with E-state index in [4.69, 9.17) is 0 Å². The Morgan fingerprint density at radius 2 is 1.50 bits per heavy atom. The van der Waals surface area contributed by atoms with E-state index in [0.29, 0.717) is 0 Å². The van der Waals surface area contributed by atoms with Gasteiger partial charge in [0.25, 0.3) is 0 Å². The average molecular weight is 430 g/mol. The van der Waals surface area contributed by atoms with E-state index in [-0.39, 0.29) is 5.41 Å². The number of pyridine rings is 1. The molecule has 4 heteroatoms. The molecular formula is C24H20BrN3. The maximum absolute atomic E-state index is 4.57. The lowest BCUT2D eigenvalue weighted by molar-refractivity contribution is 0.591. The Labute approximate surface area is 172 Å². The summed E-state index contributed by atoms with van der Waals surface area (Å²) in [5.74, 6) is 0.863. The summed E-state index contributed by atoms with van der Waals surface area (Å²) in [5, 5.41) is 12.7. The van der Waals surface area contributed by atoms with Crippen molar-refractivity contribution in [2.45, 2.75) is 26.2 Å². The van der Waals surface area contributed by atoms with Gasteiger partial charge in [0.1, 0.15) is 0 Å². The first-order valence-corrected chi connectivity index (χ1v) is 10.2. The van der Waals surface area contributed by atoms with Crippen molar-refractivity contribution in [3.05, 3.63) is 76.8 Å². The van der Waals surface area contributed by atoms with Crippen LogP contribution in [0.15, 0.2) is 71.2 Å². The van der Waals surface area contributed by atoms with E-state index in [2.05, 4.69) is 106 Å². The highest BCUT2D eigenvalue weighted by atomic mass is 79.9. The number of hydrogen-bond donors (Lipinski definition) is 0. The zero-order chi connectivity index (χ0) is 19.5. The Hall–Kier alpha value is -2.72. The van der Waals surface area contributed by atoms with Crippen LogP contribution in [-0.4, -0.2) is 14.6 Å². The van der Waals surface area contributed by atoms with Gasteiger partial charge in [-0.25, -0.2) is 0 Å². The Bertz CT molecular complexity index is 1340. The summed E-state index contributed by atoms with van der Waals surface area (Å²) in [4.78, 5) is 0. The van der Waals surface area contributed by atoms with Gasteiger partial charge in [-0.05, 0) is 40.6 Å². The van der Waals surface area contributed by atoms with Gasteiger partial charge in [-0.15, -0.1) is 10.2 Å². The van der Waals surface area contributed by atoms with Crippen molar-refractivity contribution in [3.63, 3.8) is 0 Å². The number of hydrogen-bond acceptors (Lipinski definition) is 2. The third kappa shape index (κ3) is 2.63. The van der Waals surface area contributed by atoms with Crippen molar-refractivity contribution in [2.24, 2.45) is 0 Å². The fraction of sp³-hybridized carbons (Fsp3) is 0.167. The molecule has 0 bridgehead atoms. The van der Waals surface area contributed by atoms with Gasteiger partial charge in [-0.3, -0.25) is 4.40 Å². The zero-order valence-corrected chi connectivity index (χ0v) is 17.7. The molecule has 28 heavy (non-hydrogen) atoms. The Balaban J connectivity index is 1.95. The minimum atomic E-state index is 0.0893. The fourth-order valence-electron chi connectivity index (χ4n) is 3.80. The summed E-state index contributed by atoms with van der Waals surface area (Å²) in [6, 6.07) is 23.5. The minimum Gasteiger partial charge on any atom is -0.274 e. The summed E-state index contributed by atoms with van der Waals surface area (Å²) in [5.41, 5.74) is 4.48. The van der Waals surface area contributed by atoms with Crippen molar-refractivity contribution in [1.82, 2.24) is 14.6 Å². The first-order chi connectivity index (χ1) is 13.4. The topological polar surface area (TPSA) is 30.2 Å². The quantitative estimate of drug-likeness (QED) is 0.275. The third-order valence-corrected chi connectivity index (χ3v) is 5.86. The molecule has 0 saturated heterocycles. The molecule has 0 saturated carbocycles. The summed E-state index contributed by atoms with van der Waals surface area (Å²) < 4.78 is 3.24. The molecule has 0 unspecified atom stereocenters. The predicted molar refractivity (Wildman–Crippen MR) is 120 cm³/mol. The maximum Gasteiger partial charge on any atom is 0.169 e. The van der Waals surface area contributed by atoms with Crippen LogP contribution in [0, 0.1) is 0 Å². The van der Waals surface area contributed by atoms with Crippen molar-refractivity contribution in [1.29, 1.82) is 0 Å². The van der Waals surface area contributed by atoms with Gasteiger partial charge in [0.2, 0.25) is 0 Å². The van der Waals surface area contributed by atoms with E-state index in [0.717, 1.165) is 32.4 Å². The van der Waals surface area contributed by atoms with Crippen molar-refractivity contribution in [3.8, 4) is 11.4 Å². The highest BCUT2D eigenvalue weighted by molar-refractivity contribution is 9.10. The second-order valence-corrected chi connectivity index (χ2v) is 9.13. The predicted octanol–water partition coefficient (Wildman–Crippen LogP) is 6.76. The number of rotatable bonds is 1. The molecule has 2 aromatic heterocycles. The lowest BCUT2D eigenvalue weighted by atomic mass is 9.86. The molecule has 3 aromatic carbocycles. The van der Waals surface area contributed by atoms with Crippen LogP contribution < -0.4 is 0 Å². The molecule has 0 N–H and O–H groups in total. The zero-order valence-electron chi connectivity index (χ0n) is 16.1. The van der Waals surface area contributed by atoms with E-state index >= 15 is 0 Å². The van der Waals surface area contributed by atoms with E-state index in [9.17, 15) is 0 Å². The van der Waals surface area contributed by atoms with Crippen LogP contribution in [0.1, 0.15) is 26.3 Å². The van der Waals surface area contributed by atoms with Gasteiger partial charge in [0.05, 0.1) is 5.52 Å². The first kappa shape index (κ1) is 17.4. The highest BCUT2D eigenvalue weighted by Crippen LogP contribution is 2.34. The van der Waals surface area contributed by atoms with E-state index in [1.54, 1.807) is 0 Å². The molecule has 0 fully saturated rings. The smallest absolute Gasteiger partial charge is 0.169 e. The monoisotopic (exact) mass is 429 g/mol. The second kappa shape index (κ2) is 6.14. The summed E-state index contributed by atoms with van der Waals surface area (Å²) >= 11 is 3.51. The summed E-state index contributed by atoms with van der Waals surface area (Å²) in [6.45, 7) is 6.75. The molecule has 0 aliphatic rings. The molecule has 0 aliphatic carbocycles. The van der Waals surface area contributed by atoms with Gasteiger partial charge in [0.15, 0.2) is 11.5 Å². The second-order valence-electron chi connectivity index (χ2n) is 8.22. The third-order valence-electron chi connectivity index (χ3n) is 5.33. The largest absolute Gasteiger partial charge is 0.274 e. The van der Waals surface area contributed by atoms with Crippen LogP contribution in [0.3, 0.4) is 0 Å². The molecule has 5 aromatic rings. The SMILES string of the molecule is CC(C)(C)c1ccc2c(c1)c1ccccc1c1nnc(-c3ccc(Br)cc3)n21. The van der Waals surface area contributed by atoms with E-state index < -0.39 is 0 Å². The van der Waals surface area contributed by atoms with Crippen molar-refractivity contribution >= 4 is 43.3 Å². The Kier molecular flexibility index (Phi) is 3.81. The lowest BCUT2D eigenvalue weighted by Crippen LogP contribution is -2.11. The summed E-state index contributed by atoms with van der Waals surface area (Å²) in [6.07, 6.45) is 0. The van der Waals surface area contributed by atoms with Gasteiger partial charge in [0, 0.05) is 20.8 Å². The molecule has 0 radical (unpaired) electrons. The molecule has 2 heterocycles. The number of halogens is 1. The van der Waals surface area contributed by atoms with Gasteiger partial charge in [-0.2, -0.15) is 0 Å². The van der Waals surface area contributed by atoms with Crippen LogP contribution in [-0.2, 0) is 5.41 Å². The maximum atomic E-state index is 4.57. The van der Waals surface area contributed by atoms with E-state index in [1.165, 1.54) is 16.3 Å². The number of benzene rings is 3. The first-order valence-electron chi connectivity index (χ1n) is 9.39. The van der Waals surface area contributed by atoms with Gasteiger partial charge >= 0.3 is 0 Å². The lowest BCUT2D eigenvalue weighted by Gasteiger charge is -2.20. The molecule has 0 atom stereocenters. The van der Waals surface area contributed by atoms with Crippen LogP contribution in [0.4, 0.5) is 0 Å². The van der Waals surface area contributed by atoms with Gasteiger partial charge in [-0.1, -0.05) is 79.2 Å². The standard InChI is InChI=1S/C24H20BrN3/c1-24(2,3)16-10-13-21-20(14-16)18-6-4-5-7-19(18)23-27-26-22(28(21)23)15-8-11-17(25)12-9-15/h4-14H,1-3H3. The number of fused-ring (bicyclic) bond motifs is 6. The van der Waals surface area contributed by atoms with Crippen LogP contribution in [0.5, 0.6) is 0 Å². The molecule has 0 aliphatic heterocycles. The molecule has 138 valence electrons.